The third-order valence-corrected chi connectivity index (χ3v) is 4.77. The number of ether oxygens (including phenoxy) is 1. The van der Waals surface area contributed by atoms with Crippen molar-refractivity contribution in [3.05, 3.63) is 18.0 Å². The van der Waals surface area contributed by atoms with Crippen LogP contribution in [-0.2, 0) is 4.74 Å². The summed E-state index contributed by atoms with van der Waals surface area (Å²) < 4.78 is 11.0. The van der Waals surface area contributed by atoms with Crippen LogP contribution >= 0.6 is 11.3 Å². The highest BCUT2D eigenvalue weighted by molar-refractivity contribution is 7.19. The van der Waals surface area contributed by atoms with Gasteiger partial charge in [0.15, 0.2) is 0 Å². The Bertz CT molecular complexity index is 560. The highest BCUT2D eigenvalue weighted by Gasteiger charge is 2.29. The topological polar surface area (TPSA) is 74.2 Å². The first kappa shape index (κ1) is 13.6. The molecular weight excluding hydrogens is 274 g/mol. The molecule has 2 aromatic heterocycles. The first-order valence-corrected chi connectivity index (χ1v) is 7.81. The van der Waals surface area contributed by atoms with Gasteiger partial charge in [0.2, 0.25) is 5.82 Å². The van der Waals surface area contributed by atoms with E-state index in [0.29, 0.717) is 17.6 Å². The Hall–Kier alpha value is -1.40. The Labute approximate surface area is 122 Å². The van der Waals surface area contributed by atoms with Crippen molar-refractivity contribution in [3.8, 4) is 10.8 Å². The standard InChI is InChI=1S/C14H19N3O2S/c1-18-12(9-5-3-2-4-6-9)13-16-14(19-17-13)10-7-8-11(15)20-10/h7-9,12H,2-6,15H2,1H3. The summed E-state index contributed by atoms with van der Waals surface area (Å²) in [7, 11) is 1.72. The smallest absolute Gasteiger partial charge is 0.268 e. The van der Waals surface area contributed by atoms with Crippen molar-refractivity contribution in [2.24, 2.45) is 5.92 Å². The van der Waals surface area contributed by atoms with Gasteiger partial charge >= 0.3 is 0 Å². The lowest BCUT2D eigenvalue weighted by atomic mass is 9.85. The number of hydrogen-bond acceptors (Lipinski definition) is 6. The molecule has 0 aromatic carbocycles. The van der Waals surface area contributed by atoms with Crippen LogP contribution in [0.3, 0.4) is 0 Å². The number of anilines is 1. The molecule has 0 amide bonds. The zero-order valence-corrected chi connectivity index (χ0v) is 12.4. The first-order valence-electron chi connectivity index (χ1n) is 7.00. The normalized spacial score (nSPS) is 18.2. The van der Waals surface area contributed by atoms with Crippen molar-refractivity contribution in [2.75, 3.05) is 12.8 Å². The van der Waals surface area contributed by atoms with E-state index in [-0.39, 0.29) is 6.10 Å². The third-order valence-electron chi connectivity index (χ3n) is 3.87. The van der Waals surface area contributed by atoms with E-state index in [4.69, 9.17) is 15.0 Å². The molecule has 2 aromatic rings. The molecule has 1 saturated carbocycles. The molecule has 0 radical (unpaired) electrons. The highest BCUT2D eigenvalue weighted by Crippen LogP contribution is 2.36. The predicted octanol–water partition coefficient (Wildman–Crippen LogP) is 3.65. The maximum Gasteiger partial charge on any atom is 0.268 e. The summed E-state index contributed by atoms with van der Waals surface area (Å²) in [6, 6.07) is 3.75. The van der Waals surface area contributed by atoms with Crippen LogP contribution in [0.5, 0.6) is 0 Å². The van der Waals surface area contributed by atoms with Gasteiger partial charge in [0, 0.05) is 7.11 Å². The minimum atomic E-state index is -0.0647. The Morgan fingerprint density at radius 2 is 2.15 bits per heavy atom. The lowest BCUT2D eigenvalue weighted by Gasteiger charge is -2.26. The van der Waals surface area contributed by atoms with E-state index < -0.39 is 0 Å². The Kier molecular flexibility index (Phi) is 4.03. The molecule has 0 bridgehead atoms. The minimum absolute atomic E-state index is 0.0647. The van der Waals surface area contributed by atoms with Crippen LogP contribution in [0.4, 0.5) is 5.00 Å². The maximum absolute atomic E-state index is 5.73. The minimum Gasteiger partial charge on any atom is -0.391 e. The summed E-state index contributed by atoms with van der Waals surface area (Å²) in [4.78, 5) is 5.39. The molecule has 6 heteroatoms. The lowest BCUT2D eigenvalue weighted by Crippen LogP contribution is -2.19. The second kappa shape index (κ2) is 5.93. The summed E-state index contributed by atoms with van der Waals surface area (Å²) in [5.41, 5.74) is 5.73. The molecule has 1 unspecified atom stereocenters. The Morgan fingerprint density at radius 3 is 2.80 bits per heavy atom. The van der Waals surface area contributed by atoms with E-state index in [1.54, 1.807) is 7.11 Å². The number of nitrogens with zero attached hydrogens (tertiary/aromatic N) is 2. The monoisotopic (exact) mass is 293 g/mol. The quantitative estimate of drug-likeness (QED) is 0.931. The van der Waals surface area contributed by atoms with Gasteiger partial charge in [-0.1, -0.05) is 24.4 Å². The molecule has 0 spiro atoms. The van der Waals surface area contributed by atoms with Crippen LogP contribution in [0, 0.1) is 5.92 Å². The van der Waals surface area contributed by atoms with Crippen LogP contribution in [-0.4, -0.2) is 17.3 Å². The molecule has 1 fully saturated rings. The summed E-state index contributed by atoms with van der Waals surface area (Å²) in [5.74, 6) is 1.67. The van der Waals surface area contributed by atoms with Crippen molar-refractivity contribution < 1.29 is 9.26 Å². The maximum atomic E-state index is 5.73. The molecule has 2 heterocycles. The number of methoxy groups -OCH3 is 1. The van der Waals surface area contributed by atoms with Gasteiger partial charge in [0.25, 0.3) is 5.89 Å². The first-order chi connectivity index (χ1) is 9.78. The molecule has 108 valence electrons. The van der Waals surface area contributed by atoms with Gasteiger partial charge in [0.05, 0.1) is 9.88 Å². The fourth-order valence-corrected chi connectivity index (χ4v) is 3.56. The van der Waals surface area contributed by atoms with Crippen LogP contribution in [0.1, 0.15) is 44.0 Å². The molecule has 0 aliphatic heterocycles. The third kappa shape index (κ3) is 2.71. The number of rotatable bonds is 4. The zero-order chi connectivity index (χ0) is 13.9. The number of nitrogen functional groups attached to an aromatic ring is 1. The zero-order valence-electron chi connectivity index (χ0n) is 11.5. The highest BCUT2D eigenvalue weighted by atomic mass is 32.1. The van der Waals surface area contributed by atoms with E-state index in [9.17, 15) is 0 Å². The Morgan fingerprint density at radius 1 is 1.35 bits per heavy atom. The van der Waals surface area contributed by atoms with Gasteiger partial charge < -0.3 is 15.0 Å². The van der Waals surface area contributed by atoms with Crippen molar-refractivity contribution in [1.29, 1.82) is 0 Å². The van der Waals surface area contributed by atoms with Crippen LogP contribution < -0.4 is 5.73 Å². The fourth-order valence-electron chi connectivity index (χ4n) is 2.86. The summed E-state index contributed by atoms with van der Waals surface area (Å²) in [6.45, 7) is 0. The largest absolute Gasteiger partial charge is 0.391 e. The molecule has 20 heavy (non-hydrogen) atoms. The molecule has 5 nitrogen and oxygen atoms in total. The molecule has 1 atom stereocenters. The van der Waals surface area contributed by atoms with E-state index in [1.807, 2.05) is 12.1 Å². The second-order valence-electron chi connectivity index (χ2n) is 5.21. The summed E-state index contributed by atoms with van der Waals surface area (Å²) in [5, 5.41) is 4.85. The lowest BCUT2D eigenvalue weighted by molar-refractivity contribution is 0.0274. The number of nitrogens with two attached hydrogens (primary N) is 1. The molecular formula is C14H19N3O2S. The molecule has 1 aliphatic rings. The van der Waals surface area contributed by atoms with Crippen LogP contribution in [0.2, 0.25) is 0 Å². The summed E-state index contributed by atoms with van der Waals surface area (Å²) in [6.07, 6.45) is 6.12. The predicted molar refractivity (Wildman–Crippen MR) is 78.3 cm³/mol. The molecule has 2 N–H and O–H groups in total. The van der Waals surface area contributed by atoms with Gasteiger partial charge in [0.1, 0.15) is 6.10 Å². The van der Waals surface area contributed by atoms with Crippen LogP contribution in [0.15, 0.2) is 16.7 Å². The number of aromatic nitrogens is 2. The van der Waals surface area contributed by atoms with Gasteiger partial charge in [-0.2, -0.15) is 4.98 Å². The van der Waals surface area contributed by atoms with Gasteiger partial charge in [-0.15, -0.1) is 11.3 Å². The molecule has 1 aliphatic carbocycles. The van der Waals surface area contributed by atoms with Gasteiger partial charge in [-0.25, -0.2) is 0 Å². The Balaban J connectivity index is 1.80. The number of thiophene rings is 1. The van der Waals surface area contributed by atoms with E-state index in [2.05, 4.69) is 10.1 Å². The molecule has 0 saturated heterocycles. The van der Waals surface area contributed by atoms with Crippen molar-refractivity contribution in [2.45, 2.75) is 38.2 Å². The van der Waals surface area contributed by atoms with Gasteiger partial charge in [-0.3, -0.25) is 0 Å². The SMILES string of the molecule is COC(c1noc(-c2ccc(N)s2)n1)C1CCCCC1. The van der Waals surface area contributed by atoms with Gasteiger partial charge in [-0.05, 0) is 30.9 Å². The average molecular weight is 293 g/mol. The average Bonchev–Trinajstić information content (AvgIpc) is 3.10. The number of hydrogen-bond donors (Lipinski definition) is 1. The van der Waals surface area contributed by atoms with E-state index >= 15 is 0 Å². The second-order valence-corrected chi connectivity index (χ2v) is 6.33. The van der Waals surface area contributed by atoms with Crippen molar-refractivity contribution in [1.82, 2.24) is 10.1 Å². The molecule has 3 rings (SSSR count). The van der Waals surface area contributed by atoms with E-state index in [0.717, 1.165) is 9.88 Å². The fraction of sp³-hybridized carbons (Fsp3) is 0.571. The van der Waals surface area contributed by atoms with Crippen LogP contribution in [0.25, 0.3) is 10.8 Å². The van der Waals surface area contributed by atoms with E-state index in [1.165, 1.54) is 43.4 Å². The summed E-state index contributed by atoms with van der Waals surface area (Å²) >= 11 is 1.45. The van der Waals surface area contributed by atoms with Crippen molar-refractivity contribution >= 4 is 16.3 Å². The van der Waals surface area contributed by atoms with Crippen molar-refractivity contribution in [3.63, 3.8) is 0 Å².